The molecular formula is C15H28N2O3. The molecule has 1 aliphatic heterocycles. The van der Waals surface area contributed by atoms with Crippen LogP contribution in [0.5, 0.6) is 0 Å². The summed E-state index contributed by atoms with van der Waals surface area (Å²) in [6.45, 7) is 7.08. The van der Waals surface area contributed by atoms with E-state index in [-0.39, 0.29) is 24.2 Å². The van der Waals surface area contributed by atoms with Crippen LogP contribution in [0, 0.1) is 0 Å². The fourth-order valence-corrected chi connectivity index (χ4v) is 3.03. The smallest absolute Gasteiger partial charge is 0.410 e. The minimum absolute atomic E-state index is 0.157. The first-order chi connectivity index (χ1) is 9.37. The SMILES string of the molecule is CC(C)(C)OC(=O)N(C1CCC(N)CC1)[C@H]1CCOC1. The van der Waals surface area contributed by atoms with E-state index in [0.717, 1.165) is 38.7 Å². The van der Waals surface area contributed by atoms with Crippen LogP contribution in [0.25, 0.3) is 0 Å². The summed E-state index contributed by atoms with van der Waals surface area (Å²) in [5.74, 6) is 0. The van der Waals surface area contributed by atoms with E-state index in [4.69, 9.17) is 15.2 Å². The molecule has 0 aromatic rings. The summed E-state index contributed by atoms with van der Waals surface area (Å²) >= 11 is 0. The summed E-state index contributed by atoms with van der Waals surface area (Å²) in [6, 6.07) is 0.687. The van der Waals surface area contributed by atoms with Gasteiger partial charge in [0.25, 0.3) is 0 Å². The predicted octanol–water partition coefficient (Wildman–Crippen LogP) is 2.28. The van der Waals surface area contributed by atoms with Crippen LogP contribution >= 0.6 is 0 Å². The normalized spacial score (nSPS) is 31.1. The number of nitrogens with two attached hydrogens (primary N) is 1. The maximum Gasteiger partial charge on any atom is 0.410 e. The molecule has 2 N–H and O–H groups in total. The molecule has 1 atom stereocenters. The monoisotopic (exact) mass is 284 g/mol. The van der Waals surface area contributed by atoms with Crippen molar-refractivity contribution in [3.63, 3.8) is 0 Å². The molecule has 0 unspecified atom stereocenters. The molecule has 1 saturated heterocycles. The van der Waals surface area contributed by atoms with Gasteiger partial charge in [-0.3, -0.25) is 4.90 Å². The zero-order valence-corrected chi connectivity index (χ0v) is 12.9. The van der Waals surface area contributed by atoms with E-state index < -0.39 is 5.60 Å². The lowest BCUT2D eigenvalue weighted by atomic mass is 9.90. The van der Waals surface area contributed by atoms with Crippen LogP contribution in [0.4, 0.5) is 4.79 Å². The van der Waals surface area contributed by atoms with Crippen molar-refractivity contribution in [2.75, 3.05) is 13.2 Å². The quantitative estimate of drug-likeness (QED) is 0.845. The highest BCUT2D eigenvalue weighted by molar-refractivity contribution is 5.69. The first-order valence-electron chi connectivity index (χ1n) is 7.71. The van der Waals surface area contributed by atoms with Gasteiger partial charge in [0.05, 0.1) is 12.6 Å². The maximum absolute atomic E-state index is 12.5. The summed E-state index contributed by atoms with van der Waals surface area (Å²) in [5.41, 5.74) is 5.51. The van der Waals surface area contributed by atoms with Gasteiger partial charge in [0.2, 0.25) is 0 Å². The van der Waals surface area contributed by atoms with Crippen LogP contribution in [-0.4, -0.2) is 47.9 Å². The van der Waals surface area contributed by atoms with Gasteiger partial charge in [0.1, 0.15) is 5.60 Å². The summed E-state index contributed by atoms with van der Waals surface area (Å²) in [5, 5.41) is 0. The average molecular weight is 284 g/mol. The number of hydrogen-bond donors (Lipinski definition) is 1. The highest BCUT2D eigenvalue weighted by atomic mass is 16.6. The fourth-order valence-electron chi connectivity index (χ4n) is 3.03. The number of nitrogens with zero attached hydrogens (tertiary/aromatic N) is 1. The minimum atomic E-state index is -0.458. The van der Waals surface area contributed by atoms with E-state index in [2.05, 4.69) is 0 Å². The zero-order chi connectivity index (χ0) is 14.8. The van der Waals surface area contributed by atoms with Crippen LogP contribution in [0.15, 0.2) is 0 Å². The summed E-state index contributed by atoms with van der Waals surface area (Å²) in [4.78, 5) is 14.5. The standard InChI is InChI=1S/C15H28N2O3/c1-15(2,3)20-14(18)17(13-8-9-19-10-13)12-6-4-11(16)5-7-12/h11-13H,4-10,16H2,1-3H3/t11?,12?,13-/m0/s1. The third kappa shape index (κ3) is 4.09. The molecule has 116 valence electrons. The number of amides is 1. The van der Waals surface area contributed by atoms with E-state index in [0.29, 0.717) is 6.61 Å². The molecule has 5 nitrogen and oxygen atoms in total. The van der Waals surface area contributed by atoms with Crippen molar-refractivity contribution in [2.45, 2.75) is 76.6 Å². The van der Waals surface area contributed by atoms with E-state index in [1.54, 1.807) is 0 Å². The Morgan fingerprint density at radius 1 is 1.15 bits per heavy atom. The minimum Gasteiger partial charge on any atom is -0.444 e. The van der Waals surface area contributed by atoms with Crippen molar-refractivity contribution in [1.29, 1.82) is 0 Å². The van der Waals surface area contributed by atoms with Crippen molar-refractivity contribution in [2.24, 2.45) is 5.73 Å². The number of carbonyl (C=O) groups is 1. The van der Waals surface area contributed by atoms with Gasteiger partial charge in [0.15, 0.2) is 0 Å². The molecule has 1 heterocycles. The van der Waals surface area contributed by atoms with Gasteiger partial charge >= 0.3 is 6.09 Å². The average Bonchev–Trinajstić information content (AvgIpc) is 2.83. The second-order valence-electron chi connectivity index (χ2n) is 6.97. The lowest BCUT2D eigenvalue weighted by Crippen LogP contribution is -2.51. The van der Waals surface area contributed by atoms with Gasteiger partial charge in [-0.1, -0.05) is 0 Å². The topological polar surface area (TPSA) is 64.8 Å². The van der Waals surface area contributed by atoms with Crippen molar-refractivity contribution in [1.82, 2.24) is 4.90 Å². The van der Waals surface area contributed by atoms with Crippen molar-refractivity contribution >= 4 is 6.09 Å². The van der Waals surface area contributed by atoms with Crippen LogP contribution in [0.3, 0.4) is 0 Å². The Balaban J connectivity index is 2.06. The second-order valence-corrected chi connectivity index (χ2v) is 6.97. The Hall–Kier alpha value is -0.810. The Morgan fingerprint density at radius 2 is 1.80 bits per heavy atom. The van der Waals surface area contributed by atoms with E-state index in [1.807, 2.05) is 25.7 Å². The van der Waals surface area contributed by atoms with E-state index >= 15 is 0 Å². The van der Waals surface area contributed by atoms with Crippen LogP contribution in [-0.2, 0) is 9.47 Å². The number of hydrogen-bond acceptors (Lipinski definition) is 4. The Morgan fingerprint density at radius 3 is 2.30 bits per heavy atom. The lowest BCUT2D eigenvalue weighted by molar-refractivity contribution is -0.00203. The maximum atomic E-state index is 12.5. The molecule has 1 amide bonds. The lowest BCUT2D eigenvalue weighted by Gasteiger charge is -2.39. The summed E-state index contributed by atoms with van der Waals surface area (Å²) in [6.07, 6.45) is 4.61. The zero-order valence-electron chi connectivity index (χ0n) is 12.9. The second kappa shape index (κ2) is 6.31. The molecule has 2 rings (SSSR count). The number of ether oxygens (including phenoxy) is 2. The molecule has 2 aliphatic rings. The van der Waals surface area contributed by atoms with Gasteiger partial charge < -0.3 is 15.2 Å². The summed E-state index contributed by atoms with van der Waals surface area (Å²) in [7, 11) is 0. The predicted molar refractivity (Wildman–Crippen MR) is 77.5 cm³/mol. The fraction of sp³-hybridized carbons (Fsp3) is 0.933. The van der Waals surface area contributed by atoms with E-state index in [1.165, 1.54) is 0 Å². The third-order valence-corrected chi connectivity index (χ3v) is 4.04. The molecule has 0 spiro atoms. The van der Waals surface area contributed by atoms with Crippen molar-refractivity contribution in [3.8, 4) is 0 Å². The van der Waals surface area contributed by atoms with Crippen LogP contribution in [0.1, 0.15) is 52.9 Å². The molecular weight excluding hydrogens is 256 g/mol. The molecule has 1 saturated carbocycles. The first-order valence-corrected chi connectivity index (χ1v) is 7.71. The Bertz CT molecular complexity index is 327. The molecule has 1 aliphatic carbocycles. The molecule has 0 bridgehead atoms. The van der Waals surface area contributed by atoms with Gasteiger partial charge in [-0.25, -0.2) is 4.79 Å². The first kappa shape index (κ1) is 15.6. The summed E-state index contributed by atoms with van der Waals surface area (Å²) < 4.78 is 11.0. The highest BCUT2D eigenvalue weighted by Gasteiger charge is 2.37. The number of rotatable bonds is 2. The molecule has 2 fully saturated rings. The largest absolute Gasteiger partial charge is 0.444 e. The van der Waals surface area contributed by atoms with Gasteiger partial charge in [-0.2, -0.15) is 0 Å². The van der Waals surface area contributed by atoms with Crippen molar-refractivity contribution < 1.29 is 14.3 Å². The van der Waals surface area contributed by atoms with Gasteiger partial charge in [0, 0.05) is 18.7 Å². The molecule has 20 heavy (non-hydrogen) atoms. The Labute approximate surface area is 121 Å². The molecule has 0 radical (unpaired) electrons. The van der Waals surface area contributed by atoms with E-state index in [9.17, 15) is 4.79 Å². The van der Waals surface area contributed by atoms with Crippen LogP contribution in [0.2, 0.25) is 0 Å². The molecule has 0 aromatic heterocycles. The number of carbonyl (C=O) groups excluding carboxylic acids is 1. The van der Waals surface area contributed by atoms with Crippen LogP contribution < -0.4 is 5.73 Å². The van der Waals surface area contributed by atoms with Gasteiger partial charge in [-0.05, 0) is 52.9 Å². The highest BCUT2D eigenvalue weighted by Crippen LogP contribution is 2.28. The molecule has 0 aromatic carbocycles. The Kier molecular flexibility index (Phi) is 4.91. The molecule has 5 heteroatoms. The third-order valence-electron chi connectivity index (χ3n) is 4.04. The van der Waals surface area contributed by atoms with Crippen molar-refractivity contribution in [3.05, 3.63) is 0 Å². The van der Waals surface area contributed by atoms with Gasteiger partial charge in [-0.15, -0.1) is 0 Å².